The number of amides is 1. The summed E-state index contributed by atoms with van der Waals surface area (Å²) in [5.41, 5.74) is 7.24. The number of nitrogens with one attached hydrogen (secondary N) is 1. The number of hydrogen-bond acceptors (Lipinski definition) is 4. The molecular formula is C12H18N4O. The van der Waals surface area contributed by atoms with E-state index in [1.165, 1.54) is 0 Å². The molecule has 0 bridgehead atoms. The van der Waals surface area contributed by atoms with Gasteiger partial charge in [-0.25, -0.2) is 4.98 Å². The van der Waals surface area contributed by atoms with E-state index in [4.69, 9.17) is 5.73 Å². The molecule has 92 valence electrons. The monoisotopic (exact) mass is 234 g/mol. The molecule has 1 unspecified atom stereocenters. The average Bonchev–Trinajstić information content (AvgIpc) is 2.80. The number of nitrogens with zero attached hydrogens (tertiary/aromatic N) is 2. The third-order valence-electron chi connectivity index (χ3n) is 3.21. The number of rotatable bonds is 2. The van der Waals surface area contributed by atoms with E-state index in [-0.39, 0.29) is 11.9 Å². The molecule has 1 aliphatic rings. The molecular weight excluding hydrogens is 216 g/mol. The van der Waals surface area contributed by atoms with Gasteiger partial charge >= 0.3 is 0 Å². The van der Waals surface area contributed by atoms with Gasteiger partial charge in [0.1, 0.15) is 11.9 Å². The fourth-order valence-corrected chi connectivity index (χ4v) is 2.20. The molecule has 1 atom stereocenters. The van der Waals surface area contributed by atoms with Gasteiger partial charge in [-0.2, -0.15) is 0 Å². The Morgan fingerprint density at radius 3 is 3.00 bits per heavy atom. The minimum atomic E-state index is -0.101. The fraction of sp³-hybridized carbons (Fsp3) is 0.500. The minimum absolute atomic E-state index is 0.0544. The summed E-state index contributed by atoms with van der Waals surface area (Å²) in [6.45, 7) is 2.75. The van der Waals surface area contributed by atoms with E-state index >= 15 is 0 Å². The van der Waals surface area contributed by atoms with Gasteiger partial charge in [0, 0.05) is 13.6 Å². The van der Waals surface area contributed by atoms with Gasteiger partial charge in [-0.15, -0.1) is 0 Å². The van der Waals surface area contributed by atoms with Crippen LogP contribution in [0.15, 0.2) is 12.1 Å². The van der Waals surface area contributed by atoms with Crippen molar-refractivity contribution in [1.82, 2.24) is 10.3 Å². The molecule has 2 heterocycles. The van der Waals surface area contributed by atoms with E-state index in [1.807, 2.05) is 24.0 Å². The number of nitrogens with two attached hydrogens (primary N) is 1. The maximum Gasteiger partial charge on any atom is 0.242 e. The highest BCUT2D eigenvalue weighted by molar-refractivity contribution is 5.85. The lowest BCUT2D eigenvalue weighted by Gasteiger charge is -2.24. The molecule has 1 aliphatic heterocycles. The molecule has 0 radical (unpaired) electrons. The van der Waals surface area contributed by atoms with Gasteiger partial charge < -0.3 is 16.0 Å². The number of aryl methyl sites for hydroxylation is 1. The minimum Gasteiger partial charge on any atom is -0.397 e. The normalized spacial score (nSPS) is 19.4. The summed E-state index contributed by atoms with van der Waals surface area (Å²) >= 11 is 0. The molecule has 5 heteroatoms. The number of carbonyl (C=O) groups is 1. The topological polar surface area (TPSA) is 71.2 Å². The molecule has 1 aromatic rings. The van der Waals surface area contributed by atoms with Crippen molar-refractivity contribution in [2.75, 3.05) is 24.2 Å². The summed E-state index contributed by atoms with van der Waals surface area (Å²) in [6, 6.07) is 3.62. The van der Waals surface area contributed by atoms with E-state index in [1.54, 1.807) is 7.05 Å². The number of pyridine rings is 1. The van der Waals surface area contributed by atoms with Crippen molar-refractivity contribution in [3.63, 3.8) is 0 Å². The summed E-state index contributed by atoms with van der Waals surface area (Å²) in [7, 11) is 1.67. The van der Waals surface area contributed by atoms with Gasteiger partial charge in [-0.3, -0.25) is 4.79 Å². The summed E-state index contributed by atoms with van der Waals surface area (Å²) in [5, 5.41) is 2.70. The lowest BCUT2D eigenvalue weighted by atomic mass is 10.2. The molecule has 1 fully saturated rings. The average molecular weight is 234 g/mol. The standard InChI is InChI=1S/C12H18N4O/c1-8-9(13)5-6-11(15-8)16-7-3-4-10(16)12(17)14-2/h5-6,10H,3-4,7,13H2,1-2H3,(H,14,17). The van der Waals surface area contributed by atoms with Crippen molar-refractivity contribution < 1.29 is 4.79 Å². The van der Waals surface area contributed by atoms with Gasteiger partial charge in [0.05, 0.1) is 11.4 Å². The predicted octanol–water partition coefficient (Wildman–Crippen LogP) is 0.687. The number of carbonyl (C=O) groups excluding carboxylic acids is 1. The Kier molecular flexibility index (Phi) is 3.17. The summed E-state index contributed by atoms with van der Waals surface area (Å²) < 4.78 is 0. The maximum atomic E-state index is 11.7. The smallest absolute Gasteiger partial charge is 0.242 e. The van der Waals surface area contributed by atoms with Crippen LogP contribution in [-0.4, -0.2) is 30.5 Å². The molecule has 1 aromatic heterocycles. The van der Waals surface area contributed by atoms with Crippen LogP contribution in [0.1, 0.15) is 18.5 Å². The molecule has 1 saturated heterocycles. The summed E-state index contributed by atoms with van der Waals surface area (Å²) in [6.07, 6.45) is 1.90. The summed E-state index contributed by atoms with van der Waals surface area (Å²) in [5.74, 6) is 0.890. The molecule has 5 nitrogen and oxygen atoms in total. The van der Waals surface area contributed by atoms with Crippen LogP contribution in [-0.2, 0) is 4.79 Å². The molecule has 1 amide bonds. The highest BCUT2D eigenvalue weighted by atomic mass is 16.2. The van der Waals surface area contributed by atoms with Crippen molar-refractivity contribution >= 4 is 17.4 Å². The Balaban J connectivity index is 2.26. The van der Waals surface area contributed by atoms with Gasteiger partial charge in [-0.1, -0.05) is 0 Å². The van der Waals surface area contributed by atoms with Crippen LogP contribution in [0.25, 0.3) is 0 Å². The van der Waals surface area contributed by atoms with Gasteiger partial charge in [0.25, 0.3) is 0 Å². The molecule has 0 saturated carbocycles. The molecule has 2 rings (SSSR count). The number of anilines is 2. The zero-order valence-corrected chi connectivity index (χ0v) is 10.2. The predicted molar refractivity (Wildman–Crippen MR) is 67.8 cm³/mol. The Morgan fingerprint density at radius 2 is 2.35 bits per heavy atom. The van der Waals surface area contributed by atoms with E-state index in [9.17, 15) is 4.79 Å². The van der Waals surface area contributed by atoms with E-state index in [2.05, 4.69) is 10.3 Å². The van der Waals surface area contributed by atoms with Gasteiger partial charge in [0.15, 0.2) is 0 Å². The SMILES string of the molecule is CNC(=O)C1CCCN1c1ccc(N)c(C)n1. The Hall–Kier alpha value is -1.78. The second kappa shape index (κ2) is 4.61. The van der Waals surface area contributed by atoms with E-state index in [0.717, 1.165) is 30.9 Å². The van der Waals surface area contributed by atoms with Crippen molar-refractivity contribution in [3.8, 4) is 0 Å². The highest BCUT2D eigenvalue weighted by Gasteiger charge is 2.30. The fourth-order valence-electron chi connectivity index (χ4n) is 2.20. The van der Waals surface area contributed by atoms with Gasteiger partial charge in [0.2, 0.25) is 5.91 Å². The Labute approximate surface area is 101 Å². The zero-order valence-electron chi connectivity index (χ0n) is 10.2. The van der Waals surface area contributed by atoms with Crippen LogP contribution >= 0.6 is 0 Å². The quantitative estimate of drug-likeness (QED) is 0.789. The van der Waals surface area contributed by atoms with Crippen molar-refractivity contribution in [2.24, 2.45) is 0 Å². The van der Waals surface area contributed by atoms with Crippen LogP contribution in [0.4, 0.5) is 11.5 Å². The first-order valence-electron chi connectivity index (χ1n) is 5.85. The van der Waals surface area contributed by atoms with Gasteiger partial charge in [-0.05, 0) is 31.9 Å². The largest absolute Gasteiger partial charge is 0.397 e. The molecule has 17 heavy (non-hydrogen) atoms. The van der Waals surface area contributed by atoms with Crippen LogP contribution in [0.5, 0.6) is 0 Å². The summed E-state index contributed by atoms with van der Waals surface area (Å²) in [4.78, 5) is 18.2. The Bertz CT molecular complexity index is 433. The number of aromatic nitrogens is 1. The van der Waals surface area contributed by atoms with Crippen LogP contribution in [0.3, 0.4) is 0 Å². The van der Waals surface area contributed by atoms with Crippen molar-refractivity contribution in [1.29, 1.82) is 0 Å². The number of likely N-dealkylation sites (N-methyl/N-ethyl adjacent to an activating group) is 1. The molecule has 0 aliphatic carbocycles. The Morgan fingerprint density at radius 1 is 1.59 bits per heavy atom. The van der Waals surface area contributed by atoms with Crippen LogP contribution in [0.2, 0.25) is 0 Å². The molecule has 0 spiro atoms. The first-order chi connectivity index (χ1) is 8.13. The lowest BCUT2D eigenvalue weighted by molar-refractivity contribution is -0.121. The first-order valence-corrected chi connectivity index (χ1v) is 5.85. The van der Waals surface area contributed by atoms with Crippen molar-refractivity contribution in [3.05, 3.63) is 17.8 Å². The second-order valence-corrected chi connectivity index (χ2v) is 4.31. The van der Waals surface area contributed by atoms with Crippen LogP contribution in [0, 0.1) is 6.92 Å². The van der Waals surface area contributed by atoms with Crippen molar-refractivity contribution in [2.45, 2.75) is 25.8 Å². The number of nitrogen functional groups attached to an aromatic ring is 1. The first kappa shape index (κ1) is 11.7. The maximum absolute atomic E-state index is 11.7. The third-order valence-corrected chi connectivity index (χ3v) is 3.21. The van der Waals surface area contributed by atoms with E-state index in [0.29, 0.717) is 5.69 Å². The number of hydrogen-bond donors (Lipinski definition) is 2. The van der Waals surface area contributed by atoms with E-state index < -0.39 is 0 Å². The zero-order chi connectivity index (χ0) is 12.4. The highest BCUT2D eigenvalue weighted by Crippen LogP contribution is 2.25. The van der Waals surface area contributed by atoms with Crippen LogP contribution < -0.4 is 16.0 Å². The molecule has 0 aromatic carbocycles. The molecule has 3 N–H and O–H groups in total. The second-order valence-electron chi connectivity index (χ2n) is 4.31. The lowest BCUT2D eigenvalue weighted by Crippen LogP contribution is -2.42. The third kappa shape index (κ3) is 2.18.